The minimum Gasteiger partial charge on any atom is -0.496 e. The van der Waals surface area contributed by atoms with Gasteiger partial charge in [-0.15, -0.1) is 0 Å². The van der Waals surface area contributed by atoms with Gasteiger partial charge >= 0.3 is 6.03 Å². The van der Waals surface area contributed by atoms with Crippen molar-refractivity contribution >= 4 is 11.7 Å². The number of hydrogen-bond acceptors (Lipinski definition) is 4. The Morgan fingerprint density at radius 1 is 1.15 bits per heavy atom. The van der Waals surface area contributed by atoms with Gasteiger partial charge in [0.1, 0.15) is 11.5 Å². The van der Waals surface area contributed by atoms with Crippen molar-refractivity contribution < 1.29 is 14.3 Å². The van der Waals surface area contributed by atoms with Crippen LogP contribution in [0.15, 0.2) is 42.9 Å². The molecule has 1 fully saturated rings. The van der Waals surface area contributed by atoms with Crippen LogP contribution in [0.4, 0.5) is 10.5 Å². The Morgan fingerprint density at radius 3 is 2.47 bits per heavy atom. The van der Waals surface area contributed by atoms with E-state index in [1.165, 1.54) is 0 Å². The average Bonchev–Trinajstić information content (AvgIpc) is 3.57. The fourth-order valence-electron chi connectivity index (χ4n) is 4.20. The van der Waals surface area contributed by atoms with Crippen molar-refractivity contribution in [1.82, 2.24) is 14.5 Å². The molecule has 2 aromatic carbocycles. The van der Waals surface area contributed by atoms with Crippen molar-refractivity contribution in [1.29, 1.82) is 0 Å². The molecule has 0 aliphatic heterocycles. The third-order valence-electron chi connectivity index (χ3n) is 6.32. The van der Waals surface area contributed by atoms with E-state index in [4.69, 9.17) is 9.47 Å². The average molecular weight is 463 g/mol. The van der Waals surface area contributed by atoms with Crippen molar-refractivity contribution in [2.24, 2.45) is 0 Å². The van der Waals surface area contributed by atoms with Crippen LogP contribution in [0.1, 0.15) is 55.0 Å². The quantitative estimate of drug-likeness (QED) is 0.458. The van der Waals surface area contributed by atoms with Gasteiger partial charge in [0.05, 0.1) is 31.9 Å². The molecule has 1 heterocycles. The zero-order chi connectivity index (χ0) is 24.4. The smallest absolute Gasteiger partial charge is 0.322 e. The van der Waals surface area contributed by atoms with Crippen LogP contribution in [0.3, 0.4) is 0 Å². The molecule has 0 saturated heterocycles. The summed E-state index contributed by atoms with van der Waals surface area (Å²) in [6.45, 7) is 8.90. The predicted molar refractivity (Wildman–Crippen MR) is 134 cm³/mol. The zero-order valence-electron chi connectivity index (χ0n) is 20.9. The van der Waals surface area contributed by atoms with Gasteiger partial charge in [0.25, 0.3) is 0 Å². The second-order valence-electron chi connectivity index (χ2n) is 9.27. The van der Waals surface area contributed by atoms with Crippen LogP contribution in [0.25, 0.3) is 5.69 Å². The Labute approximate surface area is 201 Å². The maximum atomic E-state index is 13.3. The lowest BCUT2D eigenvalue weighted by atomic mass is 9.96. The monoisotopic (exact) mass is 462 g/mol. The summed E-state index contributed by atoms with van der Waals surface area (Å²) in [5.74, 6) is 1.91. The number of nitrogens with one attached hydrogen (secondary N) is 1. The van der Waals surface area contributed by atoms with Crippen molar-refractivity contribution in [3.05, 3.63) is 65.2 Å². The summed E-state index contributed by atoms with van der Waals surface area (Å²) in [5, 5.41) is 3.08. The Hall–Kier alpha value is -3.48. The fraction of sp³-hybridized carbons (Fsp3) is 0.407. The van der Waals surface area contributed by atoms with Gasteiger partial charge in [-0.05, 0) is 73.6 Å². The van der Waals surface area contributed by atoms with E-state index in [0.717, 1.165) is 46.7 Å². The van der Waals surface area contributed by atoms with E-state index >= 15 is 0 Å². The summed E-state index contributed by atoms with van der Waals surface area (Å²) in [7, 11) is 3.33. The highest BCUT2D eigenvalue weighted by Crippen LogP contribution is 2.34. The van der Waals surface area contributed by atoms with Gasteiger partial charge in [0.15, 0.2) is 0 Å². The first-order valence-electron chi connectivity index (χ1n) is 11.7. The molecule has 1 aromatic heterocycles. The molecule has 3 aromatic rings. The van der Waals surface area contributed by atoms with E-state index in [2.05, 4.69) is 43.2 Å². The van der Waals surface area contributed by atoms with Crippen molar-refractivity contribution in [2.75, 3.05) is 19.5 Å². The Bertz CT molecular complexity index is 1180. The number of rotatable bonds is 8. The van der Waals surface area contributed by atoms with E-state index in [-0.39, 0.29) is 12.1 Å². The number of anilines is 1. The standard InChI is InChI=1S/C27H34N4O3/c1-17(2)23-12-20(18(3)11-25(23)33-5)15-31(22-8-9-22)27(32)29-21-7-10-24(26(13-21)34-6)30-14-19(4)28-16-30/h7,10-14,16-17,22H,8-9,15H2,1-6H3,(H,29,32). The lowest BCUT2D eigenvalue weighted by molar-refractivity contribution is 0.206. The molecule has 4 rings (SSSR count). The van der Waals surface area contributed by atoms with Crippen LogP contribution < -0.4 is 14.8 Å². The molecule has 0 spiro atoms. The van der Waals surface area contributed by atoms with E-state index in [1.807, 2.05) is 40.8 Å². The number of nitrogens with zero attached hydrogens (tertiary/aromatic N) is 3. The first-order valence-corrected chi connectivity index (χ1v) is 11.7. The minimum atomic E-state index is -0.0999. The molecule has 1 aliphatic rings. The highest BCUT2D eigenvalue weighted by Gasteiger charge is 2.33. The summed E-state index contributed by atoms with van der Waals surface area (Å²) in [5.41, 5.74) is 5.93. The number of imidazole rings is 1. The Morgan fingerprint density at radius 2 is 1.88 bits per heavy atom. The highest BCUT2D eigenvalue weighted by atomic mass is 16.5. The van der Waals surface area contributed by atoms with Gasteiger partial charge in [-0.25, -0.2) is 9.78 Å². The fourth-order valence-corrected chi connectivity index (χ4v) is 4.20. The van der Waals surface area contributed by atoms with Crippen molar-refractivity contribution in [3.8, 4) is 17.2 Å². The molecule has 2 amide bonds. The predicted octanol–water partition coefficient (Wildman–Crippen LogP) is 5.83. The number of benzene rings is 2. The van der Waals surface area contributed by atoms with Crippen LogP contribution in [-0.4, -0.2) is 40.7 Å². The van der Waals surface area contributed by atoms with Crippen molar-refractivity contribution in [3.63, 3.8) is 0 Å². The first kappa shape index (κ1) is 23.7. The number of carbonyl (C=O) groups excluding carboxylic acids is 1. The lowest BCUT2D eigenvalue weighted by Crippen LogP contribution is -2.36. The molecule has 180 valence electrons. The number of aromatic nitrogens is 2. The highest BCUT2D eigenvalue weighted by molar-refractivity contribution is 5.90. The van der Waals surface area contributed by atoms with E-state index in [0.29, 0.717) is 23.9 Å². The van der Waals surface area contributed by atoms with Crippen LogP contribution in [0.2, 0.25) is 0 Å². The van der Waals surface area contributed by atoms with Crippen LogP contribution in [-0.2, 0) is 6.54 Å². The van der Waals surface area contributed by atoms with Gasteiger partial charge in [-0.3, -0.25) is 0 Å². The van der Waals surface area contributed by atoms with Gasteiger partial charge in [0.2, 0.25) is 0 Å². The molecule has 1 saturated carbocycles. The molecule has 7 heteroatoms. The Kier molecular flexibility index (Phi) is 6.82. The number of methoxy groups -OCH3 is 2. The minimum absolute atomic E-state index is 0.0999. The van der Waals surface area contributed by atoms with Crippen LogP contribution >= 0.6 is 0 Å². The molecule has 0 radical (unpaired) electrons. The summed E-state index contributed by atoms with van der Waals surface area (Å²) in [4.78, 5) is 19.6. The summed E-state index contributed by atoms with van der Waals surface area (Å²) in [6, 6.07) is 10.1. The van der Waals surface area contributed by atoms with Gasteiger partial charge in [-0.2, -0.15) is 0 Å². The number of urea groups is 1. The summed E-state index contributed by atoms with van der Waals surface area (Å²) < 4.78 is 13.1. The molecule has 0 bridgehead atoms. The maximum absolute atomic E-state index is 13.3. The normalized spacial score (nSPS) is 13.1. The van der Waals surface area contributed by atoms with E-state index in [9.17, 15) is 4.79 Å². The van der Waals surface area contributed by atoms with Gasteiger partial charge < -0.3 is 24.3 Å². The maximum Gasteiger partial charge on any atom is 0.322 e. The first-order chi connectivity index (χ1) is 16.3. The molecular weight excluding hydrogens is 428 g/mol. The van der Waals surface area contributed by atoms with E-state index in [1.54, 1.807) is 20.5 Å². The number of hydrogen-bond donors (Lipinski definition) is 1. The molecular formula is C27H34N4O3. The number of amides is 2. The molecule has 1 N–H and O–H groups in total. The molecule has 34 heavy (non-hydrogen) atoms. The number of carbonyl (C=O) groups is 1. The molecule has 1 aliphatic carbocycles. The molecule has 0 unspecified atom stereocenters. The molecule has 7 nitrogen and oxygen atoms in total. The van der Waals surface area contributed by atoms with Crippen molar-refractivity contribution in [2.45, 2.75) is 59.0 Å². The summed E-state index contributed by atoms with van der Waals surface area (Å²) >= 11 is 0. The second-order valence-corrected chi connectivity index (χ2v) is 9.27. The van der Waals surface area contributed by atoms with Crippen LogP contribution in [0.5, 0.6) is 11.5 Å². The van der Waals surface area contributed by atoms with Gasteiger partial charge in [-0.1, -0.05) is 13.8 Å². The number of aryl methyl sites for hydroxylation is 2. The SMILES string of the molecule is COc1cc(C)c(CN(C(=O)Nc2ccc(-n3cnc(C)c3)c(OC)c2)C2CC2)cc1C(C)C. The van der Waals surface area contributed by atoms with Crippen LogP contribution in [0, 0.1) is 13.8 Å². The Balaban J connectivity index is 1.55. The largest absolute Gasteiger partial charge is 0.496 e. The topological polar surface area (TPSA) is 68.6 Å². The molecule has 0 atom stereocenters. The lowest BCUT2D eigenvalue weighted by Gasteiger charge is -2.25. The van der Waals surface area contributed by atoms with E-state index < -0.39 is 0 Å². The third-order valence-corrected chi connectivity index (χ3v) is 6.32. The second kappa shape index (κ2) is 9.79. The van der Waals surface area contributed by atoms with Gasteiger partial charge in [0, 0.05) is 30.5 Å². The third kappa shape index (κ3) is 5.03. The zero-order valence-corrected chi connectivity index (χ0v) is 20.9. The number of ether oxygens (including phenoxy) is 2. The summed E-state index contributed by atoms with van der Waals surface area (Å²) in [6.07, 6.45) is 5.75.